The van der Waals surface area contributed by atoms with Crippen molar-refractivity contribution >= 4 is 32.7 Å². The summed E-state index contributed by atoms with van der Waals surface area (Å²) in [7, 11) is 1.54. The van der Waals surface area contributed by atoms with Gasteiger partial charge in [-0.3, -0.25) is 9.59 Å². The van der Waals surface area contributed by atoms with Crippen LogP contribution in [0.15, 0.2) is 86.5 Å². The molecular formula is C23H15BrO4. The highest BCUT2D eigenvalue weighted by Crippen LogP contribution is 2.30. The van der Waals surface area contributed by atoms with Crippen molar-refractivity contribution in [2.24, 2.45) is 0 Å². The summed E-state index contributed by atoms with van der Waals surface area (Å²) in [6.45, 7) is 0. The zero-order valence-electron chi connectivity index (χ0n) is 14.9. The van der Waals surface area contributed by atoms with Gasteiger partial charge in [-0.05, 0) is 24.3 Å². The van der Waals surface area contributed by atoms with Crippen LogP contribution in [0.1, 0.15) is 15.9 Å². The van der Waals surface area contributed by atoms with Gasteiger partial charge in [0.15, 0.2) is 0 Å². The maximum atomic E-state index is 13.3. The maximum Gasteiger partial charge on any atom is 0.204 e. The van der Waals surface area contributed by atoms with Crippen molar-refractivity contribution in [1.29, 1.82) is 0 Å². The molecule has 0 saturated carbocycles. The van der Waals surface area contributed by atoms with Crippen LogP contribution in [0, 0.1) is 0 Å². The number of carbonyl (C=O) groups excluding carboxylic acids is 1. The van der Waals surface area contributed by atoms with Crippen molar-refractivity contribution in [2.75, 3.05) is 7.11 Å². The molecule has 0 amide bonds. The number of carbonyl (C=O) groups is 1. The summed E-state index contributed by atoms with van der Waals surface area (Å²) in [5.74, 6) is 0.421. The smallest absolute Gasteiger partial charge is 0.204 e. The third kappa shape index (κ3) is 3.14. The second-order valence-corrected chi connectivity index (χ2v) is 7.03. The molecular weight excluding hydrogens is 420 g/mol. The Morgan fingerprint density at radius 3 is 2.39 bits per heavy atom. The summed E-state index contributed by atoms with van der Waals surface area (Å²) in [6.07, 6.45) is 0. The van der Waals surface area contributed by atoms with Crippen molar-refractivity contribution in [3.8, 4) is 17.1 Å². The van der Waals surface area contributed by atoms with Gasteiger partial charge in [-0.15, -0.1) is 0 Å². The van der Waals surface area contributed by atoms with Crippen LogP contribution in [0.25, 0.3) is 22.3 Å². The van der Waals surface area contributed by atoms with E-state index in [0.717, 1.165) is 0 Å². The second kappa shape index (κ2) is 7.44. The Balaban J connectivity index is 2.06. The standard InChI is InChI=1S/C23H15BrO4/c1-27-15-11-12-17-19(13-15)28-23(14-7-3-2-4-8-14)20(22(17)26)21(25)16-9-5-6-10-18(16)24/h2-13H,1H3. The van der Waals surface area contributed by atoms with E-state index in [1.54, 1.807) is 55.6 Å². The molecule has 0 unspecified atom stereocenters. The fourth-order valence-corrected chi connectivity index (χ4v) is 3.54. The highest BCUT2D eigenvalue weighted by Gasteiger charge is 2.24. The van der Waals surface area contributed by atoms with Gasteiger partial charge in [0.2, 0.25) is 11.2 Å². The molecule has 4 rings (SSSR count). The van der Waals surface area contributed by atoms with Gasteiger partial charge >= 0.3 is 0 Å². The van der Waals surface area contributed by atoms with E-state index in [1.807, 2.05) is 24.3 Å². The number of fused-ring (bicyclic) bond motifs is 1. The van der Waals surface area contributed by atoms with Crippen LogP contribution in [0.2, 0.25) is 0 Å². The topological polar surface area (TPSA) is 56.5 Å². The number of ketones is 1. The van der Waals surface area contributed by atoms with Crippen LogP contribution in [0.5, 0.6) is 5.75 Å². The minimum atomic E-state index is -0.391. The van der Waals surface area contributed by atoms with Crippen molar-refractivity contribution < 1.29 is 13.9 Å². The molecule has 0 saturated heterocycles. The Kier molecular flexibility index (Phi) is 4.84. The summed E-state index contributed by atoms with van der Waals surface area (Å²) in [6, 6.07) is 21.1. The fraction of sp³-hybridized carbons (Fsp3) is 0.0435. The quantitative estimate of drug-likeness (QED) is 0.400. The largest absolute Gasteiger partial charge is 0.497 e. The average Bonchev–Trinajstić information content (AvgIpc) is 2.73. The summed E-state index contributed by atoms with van der Waals surface area (Å²) in [5.41, 5.74) is 1.06. The number of hydrogen-bond acceptors (Lipinski definition) is 4. The van der Waals surface area contributed by atoms with E-state index >= 15 is 0 Å². The van der Waals surface area contributed by atoms with Crippen molar-refractivity contribution in [3.05, 3.63) is 98.6 Å². The molecule has 0 bridgehead atoms. The van der Waals surface area contributed by atoms with Gasteiger partial charge in [-0.25, -0.2) is 0 Å². The molecule has 1 heterocycles. The average molecular weight is 435 g/mol. The normalized spacial score (nSPS) is 10.8. The van der Waals surface area contributed by atoms with Crippen LogP contribution >= 0.6 is 15.9 Å². The lowest BCUT2D eigenvalue weighted by Crippen LogP contribution is -2.18. The van der Waals surface area contributed by atoms with E-state index in [0.29, 0.717) is 32.3 Å². The third-order valence-electron chi connectivity index (χ3n) is 4.48. The Morgan fingerprint density at radius 2 is 1.68 bits per heavy atom. The molecule has 28 heavy (non-hydrogen) atoms. The molecule has 138 valence electrons. The Bertz CT molecular complexity index is 1240. The first kappa shape index (κ1) is 18.2. The molecule has 4 aromatic rings. The Labute approximate surface area is 169 Å². The molecule has 4 nitrogen and oxygen atoms in total. The second-order valence-electron chi connectivity index (χ2n) is 6.17. The van der Waals surface area contributed by atoms with E-state index in [-0.39, 0.29) is 16.8 Å². The van der Waals surface area contributed by atoms with E-state index < -0.39 is 5.78 Å². The van der Waals surface area contributed by atoms with Gasteiger partial charge in [0, 0.05) is 21.7 Å². The summed E-state index contributed by atoms with van der Waals surface area (Å²) < 4.78 is 11.9. The fourth-order valence-electron chi connectivity index (χ4n) is 3.08. The van der Waals surface area contributed by atoms with E-state index in [1.165, 1.54) is 0 Å². The summed E-state index contributed by atoms with van der Waals surface area (Å²) >= 11 is 3.40. The maximum absolute atomic E-state index is 13.3. The van der Waals surface area contributed by atoms with E-state index in [9.17, 15) is 9.59 Å². The van der Waals surface area contributed by atoms with Crippen molar-refractivity contribution in [2.45, 2.75) is 0 Å². The monoisotopic (exact) mass is 434 g/mol. The number of hydrogen-bond donors (Lipinski definition) is 0. The zero-order valence-corrected chi connectivity index (χ0v) is 16.5. The van der Waals surface area contributed by atoms with Crippen LogP contribution < -0.4 is 10.2 Å². The number of rotatable bonds is 4. The number of ether oxygens (including phenoxy) is 1. The molecule has 0 aliphatic heterocycles. The molecule has 0 atom stereocenters. The highest BCUT2D eigenvalue weighted by atomic mass is 79.9. The minimum absolute atomic E-state index is 0.00997. The van der Waals surface area contributed by atoms with Gasteiger partial charge in [0.25, 0.3) is 0 Å². The van der Waals surface area contributed by atoms with Crippen LogP contribution in [-0.2, 0) is 0 Å². The van der Waals surface area contributed by atoms with Gasteiger partial charge in [-0.1, -0.05) is 58.4 Å². The predicted octanol–water partition coefficient (Wildman–Crippen LogP) is 5.46. The molecule has 0 fully saturated rings. The molecule has 3 aromatic carbocycles. The third-order valence-corrected chi connectivity index (χ3v) is 5.17. The van der Waals surface area contributed by atoms with Crippen LogP contribution in [0.3, 0.4) is 0 Å². The van der Waals surface area contributed by atoms with Gasteiger partial charge in [0.05, 0.1) is 12.5 Å². The van der Waals surface area contributed by atoms with Gasteiger partial charge < -0.3 is 9.15 Å². The number of halogens is 1. The SMILES string of the molecule is COc1ccc2c(=O)c(C(=O)c3ccccc3Br)c(-c3ccccc3)oc2c1. The molecule has 0 N–H and O–H groups in total. The lowest BCUT2D eigenvalue weighted by atomic mass is 9.97. The lowest BCUT2D eigenvalue weighted by molar-refractivity contribution is 0.103. The first-order valence-corrected chi connectivity index (χ1v) is 9.39. The molecule has 0 radical (unpaired) electrons. The Morgan fingerprint density at radius 1 is 0.964 bits per heavy atom. The van der Waals surface area contributed by atoms with Crippen LogP contribution in [0.4, 0.5) is 0 Å². The van der Waals surface area contributed by atoms with Crippen molar-refractivity contribution in [3.63, 3.8) is 0 Å². The Hall–Kier alpha value is -3.18. The molecule has 5 heteroatoms. The first-order valence-electron chi connectivity index (χ1n) is 8.59. The lowest BCUT2D eigenvalue weighted by Gasteiger charge is -2.11. The number of methoxy groups -OCH3 is 1. The summed E-state index contributed by atoms with van der Waals surface area (Å²) in [4.78, 5) is 26.6. The predicted molar refractivity (Wildman–Crippen MR) is 112 cm³/mol. The first-order chi connectivity index (χ1) is 13.6. The summed E-state index contributed by atoms with van der Waals surface area (Å²) in [5, 5.41) is 0.330. The van der Waals surface area contributed by atoms with E-state index in [2.05, 4.69) is 15.9 Å². The number of benzene rings is 3. The van der Waals surface area contributed by atoms with Crippen LogP contribution in [-0.4, -0.2) is 12.9 Å². The highest BCUT2D eigenvalue weighted by molar-refractivity contribution is 9.10. The van der Waals surface area contributed by atoms with E-state index in [4.69, 9.17) is 9.15 Å². The molecule has 1 aromatic heterocycles. The molecule has 0 spiro atoms. The van der Waals surface area contributed by atoms with Crippen molar-refractivity contribution in [1.82, 2.24) is 0 Å². The minimum Gasteiger partial charge on any atom is -0.497 e. The molecule has 0 aliphatic rings. The molecule has 0 aliphatic carbocycles. The van der Waals surface area contributed by atoms with Gasteiger partial charge in [0.1, 0.15) is 22.7 Å². The van der Waals surface area contributed by atoms with Gasteiger partial charge in [-0.2, -0.15) is 0 Å². The zero-order chi connectivity index (χ0) is 19.7.